The number of unbranched alkanes of at least 4 members (excludes halogenated alkanes) is 1. The Labute approximate surface area is 313 Å². The van der Waals surface area contributed by atoms with Crippen molar-refractivity contribution in [2.45, 2.75) is 33.1 Å². The Morgan fingerprint density at radius 2 is 1.69 bits per heavy atom. The highest BCUT2D eigenvalue weighted by Gasteiger charge is 2.24. The molecular formula is C33H34F3IN8O6S. The Kier molecular flexibility index (Phi) is 14.1. The summed E-state index contributed by atoms with van der Waals surface area (Å²) in [5, 5.41) is 25.0. The molecule has 0 aliphatic carbocycles. The monoisotopic (exact) mass is 854 g/mol. The third-order valence-corrected chi connectivity index (χ3v) is 8.92. The zero-order valence-electron chi connectivity index (χ0n) is 27.8. The van der Waals surface area contributed by atoms with Gasteiger partial charge in [0.05, 0.1) is 39.7 Å². The lowest BCUT2D eigenvalue weighted by Gasteiger charge is -2.16. The molecule has 0 radical (unpaired) electrons. The molecule has 19 heteroatoms. The zero-order chi connectivity index (χ0) is 37.9. The van der Waals surface area contributed by atoms with Gasteiger partial charge in [0, 0.05) is 22.7 Å². The topological polar surface area (TPSA) is 203 Å². The van der Waals surface area contributed by atoms with Gasteiger partial charge in [-0.3, -0.25) is 29.8 Å². The molecule has 0 spiro atoms. The van der Waals surface area contributed by atoms with Crippen LogP contribution >= 0.6 is 33.9 Å². The predicted molar refractivity (Wildman–Crippen MR) is 200 cm³/mol. The van der Waals surface area contributed by atoms with Crippen LogP contribution in [0.2, 0.25) is 0 Å². The maximum Gasteiger partial charge on any atom is 0.348 e. The minimum Gasteiger partial charge on any atom is -0.490 e. The van der Waals surface area contributed by atoms with Gasteiger partial charge in [-0.2, -0.15) is 4.39 Å². The molecule has 0 saturated heterocycles. The maximum absolute atomic E-state index is 15.0. The first-order chi connectivity index (χ1) is 24.7. The van der Waals surface area contributed by atoms with Gasteiger partial charge in [0.25, 0.3) is 11.8 Å². The summed E-state index contributed by atoms with van der Waals surface area (Å²) in [6.45, 7) is 4.51. The molecule has 0 fully saturated rings. The first-order valence-corrected chi connectivity index (χ1v) is 17.6. The van der Waals surface area contributed by atoms with Crippen molar-refractivity contribution < 1.29 is 37.2 Å². The van der Waals surface area contributed by atoms with Crippen molar-refractivity contribution in [3.8, 4) is 5.75 Å². The average molecular weight is 855 g/mol. The Balaban J connectivity index is 1.20. The molecule has 4 aromatic rings. The summed E-state index contributed by atoms with van der Waals surface area (Å²) in [4.78, 5) is 51.3. The summed E-state index contributed by atoms with van der Waals surface area (Å²) in [6.07, 6.45) is 1.98. The third-order valence-electron chi connectivity index (χ3n) is 7.23. The standard InChI is InChI=1S/C33H34F3IN8O6S/c1-17-32(45(49)50)52-33(41-17)44-31(48)21-8-7-20(15-25(21)42-18(2)46)40-12-4-3-10-39-11-5-13-51-26-16-22(30(38)47)29(28(36)27(26)35)43-24-9-6-19(37)14-23(24)34/h6-9,14-16,39-40,43H,3-5,10-13H2,1-2H3,(H2,38,47)(H,42,46)(H,41,44,48). The number of rotatable bonds is 18. The lowest BCUT2D eigenvalue weighted by molar-refractivity contribution is -0.380. The number of nitrogens with two attached hydrogens (primary N) is 1. The second-order valence-electron chi connectivity index (χ2n) is 11.2. The summed E-state index contributed by atoms with van der Waals surface area (Å²) in [6, 6.07) is 9.85. The highest BCUT2D eigenvalue weighted by Crippen LogP contribution is 2.34. The van der Waals surface area contributed by atoms with E-state index in [-0.39, 0.29) is 39.4 Å². The Morgan fingerprint density at radius 3 is 2.37 bits per heavy atom. The molecule has 0 aliphatic rings. The Bertz CT molecular complexity index is 1980. The van der Waals surface area contributed by atoms with Crippen molar-refractivity contribution in [3.05, 3.63) is 90.4 Å². The summed E-state index contributed by atoms with van der Waals surface area (Å²) >= 11 is 2.63. The molecule has 0 unspecified atom stereocenters. The van der Waals surface area contributed by atoms with Crippen LogP contribution in [0.25, 0.3) is 0 Å². The van der Waals surface area contributed by atoms with Crippen molar-refractivity contribution in [1.82, 2.24) is 10.3 Å². The summed E-state index contributed by atoms with van der Waals surface area (Å²) in [7, 11) is 0. The number of nitrogens with one attached hydrogen (secondary N) is 5. The number of carbonyl (C=O) groups excluding carboxylic acids is 3. The highest BCUT2D eigenvalue weighted by molar-refractivity contribution is 14.1. The van der Waals surface area contributed by atoms with Gasteiger partial charge in [0.15, 0.2) is 16.7 Å². The van der Waals surface area contributed by atoms with Crippen LogP contribution in [0, 0.1) is 38.1 Å². The molecule has 3 aromatic carbocycles. The van der Waals surface area contributed by atoms with Gasteiger partial charge in [-0.05, 0) is 116 Å². The molecule has 276 valence electrons. The molecule has 1 heterocycles. The number of aromatic nitrogens is 1. The van der Waals surface area contributed by atoms with Gasteiger partial charge in [0.2, 0.25) is 11.7 Å². The molecule has 7 N–H and O–H groups in total. The van der Waals surface area contributed by atoms with E-state index in [2.05, 4.69) is 31.6 Å². The molecule has 14 nitrogen and oxygen atoms in total. The van der Waals surface area contributed by atoms with E-state index in [1.54, 1.807) is 18.2 Å². The van der Waals surface area contributed by atoms with E-state index in [9.17, 15) is 37.7 Å². The van der Waals surface area contributed by atoms with E-state index in [4.69, 9.17) is 10.5 Å². The van der Waals surface area contributed by atoms with E-state index in [0.29, 0.717) is 35.3 Å². The van der Waals surface area contributed by atoms with Crippen molar-refractivity contribution in [2.75, 3.05) is 47.5 Å². The van der Waals surface area contributed by atoms with Crippen LogP contribution in [0.1, 0.15) is 52.6 Å². The van der Waals surface area contributed by atoms with E-state index in [0.717, 1.165) is 30.2 Å². The fourth-order valence-corrected chi connectivity index (χ4v) is 6.01. The van der Waals surface area contributed by atoms with Crippen LogP contribution < -0.4 is 37.1 Å². The van der Waals surface area contributed by atoms with Crippen molar-refractivity contribution in [3.63, 3.8) is 0 Å². The lowest BCUT2D eigenvalue weighted by atomic mass is 10.1. The van der Waals surface area contributed by atoms with Crippen molar-refractivity contribution in [1.29, 1.82) is 0 Å². The van der Waals surface area contributed by atoms with Crippen molar-refractivity contribution in [2.24, 2.45) is 5.73 Å². The van der Waals surface area contributed by atoms with Gasteiger partial charge in [0.1, 0.15) is 11.5 Å². The number of nitrogens with zero attached hydrogens (tertiary/aromatic N) is 2. The van der Waals surface area contributed by atoms with E-state index in [1.807, 2.05) is 22.6 Å². The molecule has 0 aliphatic heterocycles. The average Bonchev–Trinajstić information content (AvgIpc) is 3.45. The number of hydrogen-bond donors (Lipinski definition) is 6. The fraction of sp³-hybridized carbons (Fsp3) is 0.273. The molecule has 0 bridgehead atoms. The van der Waals surface area contributed by atoms with Crippen LogP contribution in [-0.2, 0) is 4.79 Å². The largest absolute Gasteiger partial charge is 0.490 e. The number of thiazole rings is 1. The lowest BCUT2D eigenvalue weighted by Crippen LogP contribution is -2.20. The van der Waals surface area contributed by atoms with Gasteiger partial charge < -0.3 is 31.7 Å². The highest BCUT2D eigenvalue weighted by atomic mass is 127. The molecule has 52 heavy (non-hydrogen) atoms. The number of benzene rings is 3. The number of primary amides is 1. The summed E-state index contributed by atoms with van der Waals surface area (Å²) in [5.41, 5.74) is 5.46. The maximum atomic E-state index is 15.0. The van der Waals surface area contributed by atoms with Crippen LogP contribution in [-0.4, -0.2) is 53.9 Å². The molecule has 0 saturated carbocycles. The molecule has 4 rings (SSSR count). The van der Waals surface area contributed by atoms with E-state index in [1.165, 1.54) is 32.0 Å². The van der Waals surface area contributed by atoms with Crippen LogP contribution in [0.4, 0.5) is 46.1 Å². The van der Waals surface area contributed by atoms with Crippen LogP contribution in [0.3, 0.4) is 0 Å². The quantitative estimate of drug-likeness (QED) is 0.0271. The second-order valence-corrected chi connectivity index (χ2v) is 13.4. The fourth-order valence-electron chi connectivity index (χ4n) is 4.78. The second kappa shape index (κ2) is 18.5. The van der Waals surface area contributed by atoms with Gasteiger partial charge in [-0.15, -0.1) is 0 Å². The van der Waals surface area contributed by atoms with Crippen LogP contribution in [0.5, 0.6) is 5.75 Å². The first-order valence-electron chi connectivity index (χ1n) is 15.7. The minimum absolute atomic E-state index is 0.00962. The number of aryl methyl sites for hydroxylation is 1. The molecule has 0 atom stereocenters. The smallest absolute Gasteiger partial charge is 0.348 e. The minimum atomic E-state index is -1.43. The van der Waals surface area contributed by atoms with E-state index < -0.39 is 57.1 Å². The number of nitro groups is 1. The van der Waals surface area contributed by atoms with Gasteiger partial charge in [-0.25, -0.2) is 13.8 Å². The number of amides is 3. The first kappa shape index (κ1) is 39.8. The SMILES string of the molecule is CC(=O)Nc1cc(NCCCCNCCCOc2cc(C(N)=O)c(Nc3ccc(I)cc3F)c(F)c2F)ccc1C(=O)Nc1nc(C)c([N+](=O)[O-])s1. The van der Waals surface area contributed by atoms with Crippen molar-refractivity contribution >= 4 is 84.5 Å². The number of ether oxygens (including phenoxy) is 1. The molecule has 3 amide bonds. The number of hydrogen-bond acceptors (Lipinski definition) is 11. The normalized spacial score (nSPS) is 10.8. The van der Waals surface area contributed by atoms with Crippen LogP contribution in [0.15, 0.2) is 42.5 Å². The predicted octanol–water partition coefficient (Wildman–Crippen LogP) is 6.69. The Morgan fingerprint density at radius 1 is 0.962 bits per heavy atom. The summed E-state index contributed by atoms with van der Waals surface area (Å²) in [5.74, 6) is -6.04. The third kappa shape index (κ3) is 10.7. The Hall–Kier alpha value is -5.02. The number of halogens is 4. The summed E-state index contributed by atoms with van der Waals surface area (Å²) < 4.78 is 50.1. The van der Waals surface area contributed by atoms with Gasteiger partial charge >= 0.3 is 5.00 Å². The number of carbonyl (C=O) groups is 3. The molecular weight excluding hydrogens is 820 g/mol. The molecule has 1 aromatic heterocycles. The van der Waals surface area contributed by atoms with E-state index >= 15 is 0 Å². The number of anilines is 5. The van der Waals surface area contributed by atoms with Gasteiger partial charge in [-0.1, -0.05) is 0 Å². The zero-order valence-corrected chi connectivity index (χ0v) is 30.8.